The SMILES string of the molecule is Cc1ccc(C)c2c1oc1c(C)ccc(C)c12. The molecular formula is C16H16O. The summed E-state index contributed by atoms with van der Waals surface area (Å²) in [7, 11) is 0. The summed E-state index contributed by atoms with van der Waals surface area (Å²) in [6, 6.07) is 8.61. The lowest BCUT2D eigenvalue weighted by Crippen LogP contribution is -1.81. The van der Waals surface area contributed by atoms with E-state index in [4.69, 9.17) is 4.42 Å². The Morgan fingerprint density at radius 2 is 0.941 bits per heavy atom. The van der Waals surface area contributed by atoms with Gasteiger partial charge < -0.3 is 4.42 Å². The van der Waals surface area contributed by atoms with Crippen LogP contribution in [0.4, 0.5) is 0 Å². The third kappa shape index (κ3) is 1.32. The molecule has 0 bridgehead atoms. The molecule has 2 aromatic carbocycles. The van der Waals surface area contributed by atoms with Gasteiger partial charge in [-0.15, -0.1) is 0 Å². The van der Waals surface area contributed by atoms with Gasteiger partial charge in [-0.05, 0) is 49.9 Å². The predicted octanol–water partition coefficient (Wildman–Crippen LogP) is 4.82. The largest absolute Gasteiger partial charge is 0.455 e. The summed E-state index contributed by atoms with van der Waals surface area (Å²) in [6.07, 6.45) is 0. The predicted molar refractivity (Wildman–Crippen MR) is 72.7 cm³/mol. The maximum atomic E-state index is 6.08. The van der Waals surface area contributed by atoms with E-state index in [1.54, 1.807) is 0 Å². The number of hydrogen-bond acceptors (Lipinski definition) is 1. The Morgan fingerprint density at radius 3 is 1.35 bits per heavy atom. The monoisotopic (exact) mass is 224 g/mol. The summed E-state index contributed by atoms with van der Waals surface area (Å²) in [5, 5.41) is 2.56. The van der Waals surface area contributed by atoms with Crippen molar-refractivity contribution in [1.82, 2.24) is 0 Å². The molecule has 0 saturated carbocycles. The van der Waals surface area contributed by atoms with Gasteiger partial charge in [0.05, 0.1) is 0 Å². The second-order valence-corrected chi connectivity index (χ2v) is 4.91. The van der Waals surface area contributed by atoms with E-state index >= 15 is 0 Å². The van der Waals surface area contributed by atoms with Gasteiger partial charge in [-0.3, -0.25) is 0 Å². The fourth-order valence-corrected chi connectivity index (χ4v) is 2.56. The minimum absolute atomic E-state index is 1.04. The van der Waals surface area contributed by atoms with Gasteiger partial charge in [0.15, 0.2) is 0 Å². The van der Waals surface area contributed by atoms with Crippen LogP contribution in [-0.4, -0.2) is 0 Å². The molecule has 0 radical (unpaired) electrons. The molecule has 0 saturated heterocycles. The molecule has 0 atom stereocenters. The van der Waals surface area contributed by atoms with E-state index in [0.717, 1.165) is 11.2 Å². The molecule has 0 N–H and O–H groups in total. The van der Waals surface area contributed by atoms with Gasteiger partial charge in [-0.1, -0.05) is 24.3 Å². The van der Waals surface area contributed by atoms with Crippen molar-refractivity contribution >= 4 is 21.9 Å². The average molecular weight is 224 g/mol. The standard InChI is InChI=1S/C16H16O/c1-9-5-7-11(3)15-13(9)14-10(2)6-8-12(4)16(14)17-15/h5-8H,1-4H3. The van der Waals surface area contributed by atoms with Crippen molar-refractivity contribution in [2.24, 2.45) is 0 Å². The molecule has 0 aliphatic heterocycles. The van der Waals surface area contributed by atoms with Crippen LogP contribution in [-0.2, 0) is 0 Å². The van der Waals surface area contributed by atoms with Crippen molar-refractivity contribution in [3.8, 4) is 0 Å². The Kier molecular flexibility index (Phi) is 2.06. The van der Waals surface area contributed by atoms with Crippen molar-refractivity contribution in [3.05, 3.63) is 46.5 Å². The molecule has 0 aliphatic rings. The average Bonchev–Trinajstić information content (AvgIpc) is 2.71. The molecule has 3 aromatic rings. The zero-order valence-electron chi connectivity index (χ0n) is 10.7. The van der Waals surface area contributed by atoms with Gasteiger partial charge in [-0.2, -0.15) is 0 Å². The molecular weight excluding hydrogens is 208 g/mol. The highest BCUT2D eigenvalue weighted by Crippen LogP contribution is 2.36. The highest BCUT2D eigenvalue weighted by atomic mass is 16.3. The van der Waals surface area contributed by atoms with Crippen LogP contribution in [0.2, 0.25) is 0 Å². The zero-order chi connectivity index (χ0) is 12.2. The van der Waals surface area contributed by atoms with Gasteiger partial charge in [0.1, 0.15) is 11.2 Å². The Bertz CT molecular complexity index is 670. The molecule has 1 aromatic heterocycles. The highest BCUT2D eigenvalue weighted by molar-refractivity contribution is 6.10. The van der Waals surface area contributed by atoms with E-state index in [9.17, 15) is 0 Å². The van der Waals surface area contributed by atoms with E-state index in [1.165, 1.54) is 33.0 Å². The van der Waals surface area contributed by atoms with Crippen LogP contribution in [0.3, 0.4) is 0 Å². The Balaban J connectivity index is 2.69. The molecule has 3 rings (SSSR count). The summed E-state index contributed by atoms with van der Waals surface area (Å²) >= 11 is 0. The number of fused-ring (bicyclic) bond motifs is 3. The van der Waals surface area contributed by atoms with Crippen LogP contribution in [0.1, 0.15) is 22.3 Å². The molecule has 86 valence electrons. The zero-order valence-corrected chi connectivity index (χ0v) is 10.7. The molecule has 0 amide bonds. The lowest BCUT2D eigenvalue weighted by atomic mass is 10.0. The van der Waals surface area contributed by atoms with Crippen molar-refractivity contribution in [2.75, 3.05) is 0 Å². The molecule has 1 heteroatoms. The summed E-state index contributed by atoms with van der Waals surface area (Å²) in [4.78, 5) is 0. The van der Waals surface area contributed by atoms with E-state index in [1.807, 2.05) is 0 Å². The number of hydrogen-bond donors (Lipinski definition) is 0. The van der Waals surface area contributed by atoms with E-state index in [0.29, 0.717) is 0 Å². The number of furan rings is 1. The molecule has 0 fully saturated rings. The maximum absolute atomic E-state index is 6.08. The van der Waals surface area contributed by atoms with Crippen molar-refractivity contribution < 1.29 is 4.42 Å². The molecule has 1 heterocycles. The second kappa shape index (κ2) is 3.36. The lowest BCUT2D eigenvalue weighted by molar-refractivity contribution is 0.662. The summed E-state index contributed by atoms with van der Waals surface area (Å²) in [6.45, 7) is 8.51. The van der Waals surface area contributed by atoms with Gasteiger partial charge in [-0.25, -0.2) is 0 Å². The van der Waals surface area contributed by atoms with Crippen LogP contribution < -0.4 is 0 Å². The Labute approximate surface area is 101 Å². The van der Waals surface area contributed by atoms with Gasteiger partial charge >= 0.3 is 0 Å². The third-order valence-corrected chi connectivity index (χ3v) is 3.58. The topological polar surface area (TPSA) is 13.1 Å². The minimum atomic E-state index is 1.04. The smallest absolute Gasteiger partial charge is 0.138 e. The number of aryl methyl sites for hydroxylation is 4. The second-order valence-electron chi connectivity index (χ2n) is 4.91. The van der Waals surface area contributed by atoms with Crippen LogP contribution in [0, 0.1) is 27.7 Å². The molecule has 0 aliphatic carbocycles. The maximum Gasteiger partial charge on any atom is 0.138 e. The fraction of sp³-hybridized carbons (Fsp3) is 0.250. The third-order valence-electron chi connectivity index (χ3n) is 3.58. The summed E-state index contributed by atoms with van der Waals surface area (Å²) < 4.78 is 6.08. The van der Waals surface area contributed by atoms with E-state index in [-0.39, 0.29) is 0 Å². The molecule has 1 nitrogen and oxygen atoms in total. The first-order valence-corrected chi connectivity index (χ1v) is 5.98. The molecule has 17 heavy (non-hydrogen) atoms. The summed E-state index contributed by atoms with van der Waals surface area (Å²) in [5.74, 6) is 0. The van der Waals surface area contributed by atoms with Gasteiger partial charge in [0, 0.05) is 10.8 Å². The van der Waals surface area contributed by atoms with Crippen LogP contribution in [0.15, 0.2) is 28.7 Å². The fourth-order valence-electron chi connectivity index (χ4n) is 2.56. The summed E-state index contributed by atoms with van der Waals surface area (Å²) in [5.41, 5.74) is 7.08. The van der Waals surface area contributed by atoms with Crippen molar-refractivity contribution in [3.63, 3.8) is 0 Å². The highest BCUT2D eigenvalue weighted by Gasteiger charge is 2.14. The van der Waals surface area contributed by atoms with Crippen molar-refractivity contribution in [2.45, 2.75) is 27.7 Å². The molecule has 0 unspecified atom stereocenters. The van der Waals surface area contributed by atoms with Gasteiger partial charge in [0.2, 0.25) is 0 Å². The minimum Gasteiger partial charge on any atom is -0.455 e. The van der Waals surface area contributed by atoms with Crippen LogP contribution in [0.25, 0.3) is 21.9 Å². The van der Waals surface area contributed by atoms with E-state index in [2.05, 4.69) is 52.0 Å². The van der Waals surface area contributed by atoms with Crippen molar-refractivity contribution in [1.29, 1.82) is 0 Å². The first-order valence-electron chi connectivity index (χ1n) is 5.98. The Hall–Kier alpha value is -1.76. The normalized spacial score (nSPS) is 11.5. The lowest BCUT2D eigenvalue weighted by Gasteiger charge is -2.00. The molecule has 0 spiro atoms. The van der Waals surface area contributed by atoms with Crippen LogP contribution in [0.5, 0.6) is 0 Å². The number of benzene rings is 2. The Morgan fingerprint density at radius 1 is 0.588 bits per heavy atom. The van der Waals surface area contributed by atoms with Crippen LogP contribution >= 0.6 is 0 Å². The first-order chi connectivity index (χ1) is 8.09. The van der Waals surface area contributed by atoms with E-state index < -0.39 is 0 Å². The van der Waals surface area contributed by atoms with Gasteiger partial charge in [0.25, 0.3) is 0 Å². The number of rotatable bonds is 0. The first kappa shape index (κ1) is 10.4. The quantitative estimate of drug-likeness (QED) is 0.533.